The van der Waals surface area contributed by atoms with Crippen LogP contribution in [0.4, 0.5) is 0 Å². The van der Waals surface area contributed by atoms with Crippen molar-refractivity contribution in [3.63, 3.8) is 0 Å². The van der Waals surface area contributed by atoms with Gasteiger partial charge in [0, 0.05) is 36.8 Å². The fourth-order valence-corrected chi connectivity index (χ4v) is 4.59. The second-order valence-electron chi connectivity index (χ2n) is 7.11. The van der Waals surface area contributed by atoms with Gasteiger partial charge in [-0.05, 0) is 29.8 Å². The summed E-state index contributed by atoms with van der Waals surface area (Å²) in [5, 5.41) is 3.47. The van der Waals surface area contributed by atoms with Crippen LogP contribution >= 0.6 is 23.4 Å². The van der Waals surface area contributed by atoms with Gasteiger partial charge < -0.3 is 10.1 Å². The van der Waals surface area contributed by atoms with Crippen LogP contribution in [0, 0.1) is 0 Å². The van der Waals surface area contributed by atoms with E-state index in [-0.39, 0.29) is 17.1 Å². The van der Waals surface area contributed by atoms with Crippen molar-refractivity contribution in [2.24, 2.45) is 4.99 Å². The first-order valence-electron chi connectivity index (χ1n) is 9.83. The Morgan fingerprint density at radius 2 is 2.20 bits per heavy atom. The Morgan fingerprint density at radius 3 is 3.00 bits per heavy atom. The van der Waals surface area contributed by atoms with Crippen LogP contribution in [0.15, 0.2) is 58.0 Å². The van der Waals surface area contributed by atoms with Crippen molar-refractivity contribution in [2.45, 2.75) is 5.25 Å². The third-order valence-electron chi connectivity index (χ3n) is 4.97. The highest BCUT2D eigenvalue weighted by molar-refractivity contribution is 8.05. The first-order chi connectivity index (χ1) is 14.6. The summed E-state index contributed by atoms with van der Waals surface area (Å²) in [7, 11) is 0. The molecule has 0 aromatic heterocycles. The molecule has 1 aromatic rings. The Morgan fingerprint density at radius 1 is 1.37 bits per heavy atom. The molecular formula is C22H22ClN3O3S. The van der Waals surface area contributed by atoms with E-state index in [0.717, 1.165) is 38.4 Å². The minimum atomic E-state index is -0.301. The lowest BCUT2D eigenvalue weighted by Gasteiger charge is -2.26. The molecular weight excluding hydrogens is 422 g/mol. The molecule has 0 radical (unpaired) electrons. The molecule has 1 fully saturated rings. The Balaban J connectivity index is 1.39. The van der Waals surface area contributed by atoms with Crippen molar-refractivity contribution in [1.29, 1.82) is 0 Å². The number of hydrogen-bond acceptors (Lipinski definition) is 5. The second-order valence-corrected chi connectivity index (χ2v) is 8.73. The van der Waals surface area contributed by atoms with Gasteiger partial charge in [0.1, 0.15) is 0 Å². The number of morpholine rings is 1. The van der Waals surface area contributed by atoms with E-state index in [1.54, 1.807) is 30.4 Å². The predicted octanol–water partition coefficient (Wildman–Crippen LogP) is 2.71. The summed E-state index contributed by atoms with van der Waals surface area (Å²) in [6.07, 6.45) is 7.21. The van der Waals surface area contributed by atoms with E-state index in [2.05, 4.69) is 15.2 Å². The minimum Gasteiger partial charge on any atom is -0.379 e. The van der Waals surface area contributed by atoms with E-state index in [9.17, 15) is 9.59 Å². The van der Waals surface area contributed by atoms with Gasteiger partial charge in [0.2, 0.25) is 0 Å². The molecule has 1 aliphatic carbocycles. The maximum Gasteiger partial charge on any atom is 0.283 e. The first-order valence-corrected chi connectivity index (χ1v) is 11.1. The van der Waals surface area contributed by atoms with Crippen molar-refractivity contribution in [3.8, 4) is 0 Å². The SMILES string of the molecule is O=C(NCCN1CCOCC1)C1=CC2=NC(=O)/C(=C\c3cccc(Cl)c3)SC2C=C1. The van der Waals surface area contributed by atoms with Crippen LogP contribution < -0.4 is 5.32 Å². The number of allylic oxidation sites excluding steroid dienone is 1. The molecule has 156 valence electrons. The minimum absolute atomic E-state index is 0.0852. The van der Waals surface area contributed by atoms with E-state index < -0.39 is 0 Å². The number of hydrogen-bond donors (Lipinski definition) is 1. The summed E-state index contributed by atoms with van der Waals surface area (Å²) in [4.78, 5) is 32.0. The lowest BCUT2D eigenvalue weighted by atomic mass is 10.0. The number of thioether (sulfide) groups is 1. The normalized spacial score (nSPS) is 23.0. The highest BCUT2D eigenvalue weighted by Gasteiger charge is 2.28. The van der Waals surface area contributed by atoms with Crippen molar-refractivity contribution in [2.75, 3.05) is 39.4 Å². The van der Waals surface area contributed by atoms with E-state index >= 15 is 0 Å². The third-order valence-corrected chi connectivity index (χ3v) is 6.40. The molecule has 0 saturated carbocycles. The second kappa shape index (κ2) is 9.75. The zero-order valence-corrected chi connectivity index (χ0v) is 17.9. The summed E-state index contributed by atoms with van der Waals surface area (Å²) >= 11 is 7.45. The fraction of sp³-hybridized carbons (Fsp3) is 0.318. The molecule has 1 unspecified atom stereocenters. The van der Waals surface area contributed by atoms with Gasteiger partial charge in [-0.25, -0.2) is 4.99 Å². The number of carbonyl (C=O) groups excluding carboxylic acids is 2. The van der Waals surface area contributed by atoms with Crippen LogP contribution in [0.1, 0.15) is 5.56 Å². The average molecular weight is 444 g/mol. The van der Waals surface area contributed by atoms with Gasteiger partial charge in [-0.15, -0.1) is 11.8 Å². The quantitative estimate of drug-likeness (QED) is 0.708. The molecule has 1 aromatic carbocycles. The molecule has 1 N–H and O–H groups in total. The molecule has 8 heteroatoms. The van der Waals surface area contributed by atoms with Gasteiger partial charge in [-0.2, -0.15) is 0 Å². The molecule has 2 heterocycles. The van der Waals surface area contributed by atoms with Gasteiger partial charge in [-0.3, -0.25) is 14.5 Å². The molecule has 3 aliphatic rings. The Kier molecular flexibility index (Phi) is 6.84. The molecule has 0 bridgehead atoms. The maximum absolute atomic E-state index is 12.5. The molecule has 4 rings (SSSR count). The van der Waals surface area contributed by atoms with Gasteiger partial charge >= 0.3 is 0 Å². The molecule has 1 atom stereocenters. The topological polar surface area (TPSA) is 71.0 Å². The van der Waals surface area contributed by atoms with E-state index in [1.807, 2.05) is 18.2 Å². The van der Waals surface area contributed by atoms with Crippen LogP contribution in [0.5, 0.6) is 0 Å². The van der Waals surface area contributed by atoms with Crippen molar-refractivity contribution < 1.29 is 14.3 Å². The predicted molar refractivity (Wildman–Crippen MR) is 121 cm³/mol. The van der Waals surface area contributed by atoms with Gasteiger partial charge in [0.25, 0.3) is 11.8 Å². The number of ether oxygens (including phenoxy) is 1. The fourth-order valence-electron chi connectivity index (χ4n) is 3.37. The highest BCUT2D eigenvalue weighted by atomic mass is 35.5. The highest BCUT2D eigenvalue weighted by Crippen LogP contribution is 2.34. The standard InChI is InChI=1S/C22H22ClN3O3S/c23-17-3-1-2-15(12-17)13-20-22(28)25-18-14-16(4-5-19(18)30-20)21(27)24-6-7-26-8-10-29-11-9-26/h1-5,12-14,19H,6-11H2,(H,24,27)/b20-13+. The third kappa shape index (κ3) is 5.29. The Labute approximate surface area is 184 Å². The number of nitrogens with one attached hydrogen (secondary N) is 1. The average Bonchev–Trinajstić information content (AvgIpc) is 2.75. The smallest absolute Gasteiger partial charge is 0.283 e. The lowest BCUT2D eigenvalue weighted by Crippen LogP contribution is -2.41. The van der Waals surface area contributed by atoms with Crippen LogP contribution in [-0.2, 0) is 14.3 Å². The van der Waals surface area contributed by atoms with Crippen LogP contribution in [0.25, 0.3) is 6.08 Å². The van der Waals surface area contributed by atoms with Crippen molar-refractivity contribution in [1.82, 2.24) is 10.2 Å². The van der Waals surface area contributed by atoms with Gasteiger partial charge in [0.15, 0.2) is 0 Å². The number of rotatable bonds is 5. The molecule has 6 nitrogen and oxygen atoms in total. The monoisotopic (exact) mass is 443 g/mol. The molecule has 2 aliphatic heterocycles. The van der Waals surface area contributed by atoms with Crippen LogP contribution in [0.3, 0.4) is 0 Å². The number of aliphatic imine (C=N–C) groups is 1. The molecule has 30 heavy (non-hydrogen) atoms. The van der Waals surface area contributed by atoms with Crippen molar-refractivity contribution in [3.05, 3.63) is 63.6 Å². The maximum atomic E-state index is 12.5. The zero-order chi connectivity index (χ0) is 20.9. The number of fused-ring (bicyclic) bond motifs is 1. The van der Waals surface area contributed by atoms with Crippen LogP contribution in [0.2, 0.25) is 5.02 Å². The largest absolute Gasteiger partial charge is 0.379 e. The lowest BCUT2D eigenvalue weighted by molar-refractivity contribution is -0.117. The summed E-state index contributed by atoms with van der Waals surface area (Å²) < 4.78 is 5.33. The summed E-state index contributed by atoms with van der Waals surface area (Å²) in [5.74, 6) is -0.455. The molecule has 0 spiro atoms. The molecule has 1 saturated heterocycles. The molecule has 2 amide bonds. The zero-order valence-electron chi connectivity index (χ0n) is 16.3. The van der Waals surface area contributed by atoms with Crippen LogP contribution in [-0.4, -0.2) is 67.1 Å². The van der Waals surface area contributed by atoms with Gasteiger partial charge in [0.05, 0.1) is 29.1 Å². The number of benzene rings is 1. The van der Waals surface area contributed by atoms with Crippen molar-refractivity contribution >= 4 is 47.0 Å². The number of carbonyl (C=O) groups is 2. The van der Waals surface area contributed by atoms with E-state index in [1.165, 1.54) is 11.8 Å². The van der Waals surface area contributed by atoms with Gasteiger partial charge in [-0.1, -0.05) is 35.9 Å². The van der Waals surface area contributed by atoms with E-state index in [4.69, 9.17) is 16.3 Å². The summed E-state index contributed by atoms with van der Waals surface area (Å²) in [5.41, 5.74) is 1.98. The summed E-state index contributed by atoms with van der Waals surface area (Å²) in [6.45, 7) is 4.62. The first kappa shape index (κ1) is 21.1. The number of halogens is 1. The Bertz CT molecular complexity index is 964. The number of amides is 2. The number of nitrogens with zero attached hydrogens (tertiary/aromatic N) is 2. The summed E-state index contributed by atoms with van der Waals surface area (Å²) in [6, 6.07) is 7.33. The van der Waals surface area contributed by atoms with E-state index in [0.29, 0.717) is 27.8 Å². The Hall–Kier alpha value is -2.19.